The Morgan fingerprint density at radius 3 is 2.59 bits per heavy atom. The lowest BCUT2D eigenvalue weighted by molar-refractivity contribution is 0.460. The van der Waals surface area contributed by atoms with Crippen molar-refractivity contribution in [2.75, 3.05) is 26.7 Å². The number of hydrogen-bond acceptors (Lipinski definition) is 2. The molecule has 2 heteroatoms. The summed E-state index contributed by atoms with van der Waals surface area (Å²) in [7, 11) is 1.91. The van der Waals surface area contributed by atoms with E-state index in [2.05, 4.69) is 46.7 Å². The van der Waals surface area contributed by atoms with Crippen LogP contribution in [-0.4, -0.2) is 26.7 Å². The van der Waals surface area contributed by atoms with Gasteiger partial charge in [0.2, 0.25) is 0 Å². The topological polar surface area (TPSA) is 24.1 Å². The van der Waals surface area contributed by atoms with E-state index in [1.807, 2.05) is 7.05 Å². The molecule has 2 rings (SSSR count). The number of nitrogens with one attached hydrogen (secondary N) is 2. The van der Waals surface area contributed by atoms with E-state index in [9.17, 15) is 0 Å². The first-order chi connectivity index (χ1) is 8.40. The summed E-state index contributed by atoms with van der Waals surface area (Å²) < 4.78 is 0. The summed E-state index contributed by atoms with van der Waals surface area (Å²) in [4.78, 5) is 0. The van der Waals surface area contributed by atoms with Gasteiger partial charge >= 0.3 is 0 Å². The second-order valence-electron chi connectivity index (χ2n) is 4.48. The SMILES string of the molecule is CNCC#Cc1ccc(C2CCNCC2)cc1. The van der Waals surface area contributed by atoms with Gasteiger partial charge in [0.25, 0.3) is 0 Å². The highest BCUT2D eigenvalue weighted by Crippen LogP contribution is 2.24. The Bertz CT molecular complexity index is 391. The summed E-state index contributed by atoms with van der Waals surface area (Å²) in [6, 6.07) is 8.75. The van der Waals surface area contributed by atoms with Gasteiger partial charge in [0.05, 0.1) is 6.54 Å². The van der Waals surface area contributed by atoms with Crippen molar-refractivity contribution in [1.82, 2.24) is 10.6 Å². The van der Waals surface area contributed by atoms with Gasteiger partial charge in [0.15, 0.2) is 0 Å². The normalized spacial score (nSPS) is 16.3. The van der Waals surface area contributed by atoms with Crippen molar-refractivity contribution in [3.63, 3.8) is 0 Å². The maximum Gasteiger partial charge on any atom is 0.0577 e. The summed E-state index contributed by atoms with van der Waals surface area (Å²) in [6.07, 6.45) is 2.51. The quantitative estimate of drug-likeness (QED) is 0.753. The predicted molar refractivity (Wildman–Crippen MR) is 72.1 cm³/mol. The van der Waals surface area contributed by atoms with Crippen LogP contribution in [0.25, 0.3) is 0 Å². The van der Waals surface area contributed by atoms with E-state index in [4.69, 9.17) is 0 Å². The van der Waals surface area contributed by atoms with Gasteiger partial charge in [-0.05, 0) is 56.6 Å². The summed E-state index contributed by atoms with van der Waals surface area (Å²) in [5.41, 5.74) is 2.57. The zero-order chi connectivity index (χ0) is 11.9. The van der Waals surface area contributed by atoms with Gasteiger partial charge in [-0.1, -0.05) is 24.0 Å². The second kappa shape index (κ2) is 6.44. The molecule has 1 aliphatic rings. The molecule has 0 spiro atoms. The van der Waals surface area contributed by atoms with Gasteiger partial charge < -0.3 is 10.6 Å². The Hall–Kier alpha value is -1.30. The third-order valence-electron chi connectivity index (χ3n) is 3.22. The van der Waals surface area contributed by atoms with Gasteiger partial charge in [0, 0.05) is 5.56 Å². The molecule has 1 aromatic rings. The Balaban J connectivity index is 2.00. The molecule has 2 nitrogen and oxygen atoms in total. The molecule has 0 radical (unpaired) electrons. The fourth-order valence-corrected chi connectivity index (χ4v) is 2.23. The van der Waals surface area contributed by atoms with Crippen LogP contribution in [0.1, 0.15) is 29.9 Å². The Labute approximate surface area is 104 Å². The van der Waals surface area contributed by atoms with Crippen molar-refractivity contribution < 1.29 is 0 Å². The number of rotatable bonds is 2. The maximum absolute atomic E-state index is 3.40. The zero-order valence-corrected chi connectivity index (χ0v) is 10.4. The minimum atomic E-state index is 0.732. The van der Waals surface area contributed by atoms with Crippen LogP contribution in [0.15, 0.2) is 24.3 Å². The van der Waals surface area contributed by atoms with Gasteiger partial charge in [-0.2, -0.15) is 0 Å². The lowest BCUT2D eigenvalue weighted by Crippen LogP contribution is -2.26. The van der Waals surface area contributed by atoms with Gasteiger partial charge in [0.1, 0.15) is 0 Å². The average molecular weight is 228 g/mol. The lowest BCUT2D eigenvalue weighted by Gasteiger charge is -2.22. The molecule has 0 unspecified atom stereocenters. The van der Waals surface area contributed by atoms with Crippen molar-refractivity contribution in [3.05, 3.63) is 35.4 Å². The molecule has 1 aromatic carbocycles. The first-order valence-electron chi connectivity index (χ1n) is 6.34. The number of piperidine rings is 1. The molecule has 1 saturated heterocycles. The molecule has 90 valence electrons. The van der Waals surface area contributed by atoms with Gasteiger partial charge in [-0.3, -0.25) is 0 Å². The van der Waals surface area contributed by atoms with Crippen molar-refractivity contribution in [2.45, 2.75) is 18.8 Å². The van der Waals surface area contributed by atoms with Crippen LogP contribution >= 0.6 is 0 Å². The highest BCUT2D eigenvalue weighted by atomic mass is 14.9. The van der Waals surface area contributed by atoms with Crippen LogP contribution in [0.3, 0.4) is 0 Å². The minimum Gasteiger partial charge on any atom is -0.317 e. The van der Waals surface area contributed by atoms with Crippen LogP contribution in [0.2, 0.25) is 0 Å². The summed E-state index contributed by atoms with van der Waals surface area (Å²) in [6.45, 7) is 3.04. The van der Waals surface area contributed by atoms with E-state index in [1.165, 1.54) is 18.4 Å². The lowest BCUT2D eigenvalue weighted by atomic mass is 9.90. The molecular weight excluding hydrogens is 208 g/mol. The van der Waals surface area contributed by atoms with Crippen LogP contribution < -0.4 is 10.6 Å². The summed E-state index contributed by atoms with van der Waals surface area (Å²) in [5, 5.41) is 6.42. The number of hydrogen-bond donors (Lipinski definition) is 2. The molecule has 0 saturated carbocycles. The van der Waals surface area contributed by atoms with Crippen molar-refractivity contribution in [1.29, 1.82) is 0 Å². The molecule has 1 fully saturated rings. The minimum absolute atomic E-state index is 0.732. The van der Waals surface area contributed by atoms with E-state index in [0.717, 1.165) is 31.1 Å². The van der Waals surface area contributed by atoms with E-state index < -0.39 is 0 Å². The second-order valence-corrected chi connectivity index (χ2v) is 4.48. The monoisotopic (exact) mass is 228 g/mol. The van der Waals surface area contributed by atoms with Crippen LogP contribution in [-0.2, 0) is 0 Å². The maximum atomic E-state index is 3.40. The first kappa shape index (κ1) is 12.2. The Kier molecular flexibility index (Phi) is 4.61. The molecule has 1 aliphatic heterocycles. The molecule has 2 N–H and O–H groups in total. The van der Waals surface area contributed by atoms with Gasteiger partial charge in [-0.25, -0.2) is 0 Å². The van der Waals surface area contributed by atoms with E-state index in [-0.39, 0.29) is 0 Å². The molecule has 0 aromatic heterocycles. The highest BCUT2D eigenvalue weighted by molar-refractivity contribution is 5.37. The molecular formula is C15H20N2. The molecule has 0 aliphatic carbocycles. The molecule has 1 heterocycles. The van der Waals surface area contributed by atoms with Crippen LogP contribution in [0, 0.1) is 11.8 Å². The van der Waals surface area contributed by atoms with Crippen LogP contribution in [0.5, 0.6) is 0 Å². The zero-order valence-electron chi connectivity index (χ0n) is 10.4. The van der Waals surface area contributed by atoms with Crippen LogP contribution in [0.4, 0.5) is 0 Å². The fourth-order valence-electron chi connectivity index (χ4n) is 2.23. The summed E-state index contributed by atoms with van der Waals surface area (Å²) in [5.74, 6) is 6.96. The number of benzene rings is 1. The average Bonchev–Trinajstić information content (AvgIpc) is 2.41. The van der Waals surface area contributed by atoms with E-state index in [1.54, 1.807) is 0 Å². The Morgan fingerprint density at radius 1 is 1.24 bits per heavy atom. The fraction of sp³-hybridized carbons (Fsp3) is 0.467. The van der Waals surface area contributed by atoms with E-state index in [0.29, 0.717) is 0 Å². The summed E-state index contributed by atoms with van der Waals surface area (Å²) >= 11 is 0. The molecule has 0 amide bonds. The van der Waals surface area contributed by atoms with Crippen molar-refractivity contribution in [2.24, 2.45) is 0 Å². The molecule has 17 heavy (non-hydrogen) atoms. The Morgan fingerprint density at radius 2 is 1.94 bits per heavy atom. The van der Waals surface area contributed by atoms with Crippen molar-refractivity contribution >= 4 is 0 Å². The standard InChI is InChI=1S/C15H20N2/c1-16-10-2-3-13-4-6-14(7-5-13)15-8-11-17-12-9-15/h4-7,15-17H,8-12H2,1H3. The van der Waals surface area contributed by atoms with E-state index >= 15 is 0 Å². The third kappa shape index (κ3) is 3.59. The molecule has 0 atom stereocenters. The van der Waals surface area contributed by atoms with Gasteiger partial charge in [-0.15, -0.1) is 0 Å². The predicted octanol–water partition coefficient (Wildman–Crippen LogP) is 1.72. The third-order valence-corrected chi connectivity index (χ3v) is 3.22. The first-order valence-corrected chi connectivity index (χ1v) is 6.34. The largest absolute Gasteiger partial charge is 0.317 e. The van der Waals surface area contributed by atoms with Crippen molar-refractivity contribution in [3.8, 4) is 11.8 Å². The smallest absolute Gasteiger partial charge is 0.0577 e. The molecule has 0 bridgehead atoms. The highest BCUT2D eigenvalue weighted by Gasteiger charge is 2.14.